The van der Waals surface area contributed by atoms with Crippen LogP contribution in [0.3, 0.4) is 0 Å². The molecule has 0 fully saturated rings. The Morgan fingerprint density at radius 3 is 2.48 bits per heavy atom. The molecule has 3 rings (SSSR count). The summed E-state index contributed by atoms with van der Waals surface area (Å²) in [5.74, 6) is 1.04. The minimum absolute atomic E-state index is 0.926. The van der Waals surface area contributed by atoms with E-state index in [0.717, 1.165) is 34.0 Å². The highest BCUT2D eigenvalue weighted by Crippen LogP contribution is 2.27. The van der Waals surface area contributed by atoms with Crippen molar-refractivity contribution in [3.05, 3.63) is 47.2 Å². The fourth-order valence-corrected chi connectivity index (χ4v) is 2.61. The van der Waals surface area contributed by atoms with Gasteiger partial charge in [0, 0.05) is 37.0 Å². The van der Waals surface area contributed by atoms with E-state index in [1.54, 1.807) is 0 Å². The minimum atomic E-state index is 0.926. The van der Waals surface area contributed by atoms with E-state index in [2.05, 4.69) is 54.1 Å². The molecule has 21 heavy (non-hydrogen) atoms. The zero-order chi connectivity index (χ0) is 15.1. The van der Waals surface area contributed by atoms with Crippen LogP contribution in [0.1, 0.15) is 16.8 Å². The summed E-state index contributed by atoms with van der Waals surface area (Å²) >= 11 is 0. The maximum atomic E-state index is 4.80. The first-order valence-corrected chi connectivity index (χ1v) is 7.08. The Balaban J connectivity index is 2.31. The SMILES string of the molecule is Cc1cccc(-c2nn3c(N(C)C)cc(C)nc3c2C)c1. The van der Waals surface area contributed by atoms with Crippen LogP contribution in [0.15, 0.2) is 30.3 Å². The lowest BCUT2D eigenvalue weighted by molar-refractivity contribution is 0.891. The lowest BCUT2D eigenvalue weighted by atomic mass is 10.1. The van der Waals surface area contributed by atoms with Gasteiger partial charge in [0.05, 0.1) is 5.69 Å². The number of fused-ring (bicyclic) bond motifs is 1. The van der Waals surface area contributed by atoms with E-state index in [1.165, 1.54) is 5.56 Å². The molecule has 108 valence electrons. The molecule has 2 heterocycles. The summed E-state index contributed by atoms with van der Waals surface area (Å²) in [7, 11) is 4.05. The highest BCUT2D eigenvalue weighted by atomic mass is 15.3. The summed E-state index contributed by atoms with van der Waals surface area (Å²) in [5.41, 5.74) is 6.42. The molecule has 0 amide bonds. The van der Waals surface area contributed by atoms with Gasteiger partial charge in [-0.2, -0.15) is 9.61 Å². The molecule has 3 aromatic rings. The smallest absolute Gasteiger partial charge is 0.161 e. The molecule has 0 spiro atoms. The number of hydrogen-bond acceptors (Lipinski definition) is 3. The molecule has 0 saturated carbocycles. The van der Waals surface area contributed by atoms with E-state index in [1.807, 2.05) is 25.5 Å². The third-order valence-electron chi connectivity index (χ3n) is 3.68. The van der Waals surface area contributed by atoms with E-state index >= 15 is 0 Å². The van der Waals surface area contributed by atoms with Crippen molar-refractivity contribution in [3.63, 3.8) is 0 Å². The molecule has 0 unspecified atom stereocenters. The van der Waals surface area contributed by atoms with E-state index in [0.29, 0.717) is 0 Å². The summed E-state index contributed by atoms with van der Waals surface area (Å²) in [6, 6.07) is 10.5. The van der Waals surface area contributed by atoms with Crippen LogP contribution >= 0.6 is 0 Å². The number of rotatable bonds is 2. The number of hydrogen-bond donors (Lipinski definition) is 0. The lowest BCUT2D eigenvalue weighted by Gasteiger charge is -2.14. The van der Waals surface area contributed by atoms with E-state index in [4.69, 9.17) is 5.10 Å². The van der Waals surface area contributed by atoms with Crippen LogP contribution in [-0.4, -0.2) is 28.7 Å². The Labute approximate surface area is 125 Å². The van der Waals surface area contributed by atoms with Crippen molar-refractivity contribution in [2.24, 2.45) is 0 Å². The van der Waals surface area contributed by atoms with Crippen molar-refractivity contribution in [3.8, 4) is 11.3 Å². The van der Waals surface area contributed by atoms with Crippen molar-refractivity contribution in [1.29, 1.82) is 0 Å². The molecule has 4 nitrogen and oxygen atoms in total. The summed E-state index contributed by atoms with van der Waals surface area (Å²) in [4.78, 5) is 6.72. The molecule has 2 aromatic heterocycles. The third kappa shape index (κ3) is 2.27. The largest absolute Gasteiger partial charge is 0.363 e. The molecule has 0 bridgehead atoms. The van der Waals surface area contributed by atoms with E-state index in [9.17, 15) is 0 Å². The highest BCUT2D eigenvalue weighted by Gasteiger charge is 2.15. The number of nitrogens with zero attached hydrogens (tertiary/aromatic N) is 4. The predicted octanol–water partition coefficient (Wildman–Crippen LogP) is 3.39. The maximum absolute atomic E-state index is 4.80. The Morgan fingerprint density at radius 2 is 1.81 bits per heavy atom. The lowest BCUT2D eigenvalue weighted by Crippen LogP contribution is -2.14. The molecule has 0 aliphatic heterocycles. The fraction of sp³-hybridized carbons (Fsp3) is 0.294. The summed E-state index contributed by atoms with van der Waals surface area (Å²) in [6.07, 6.45) is 0. The first-order chi connectivity index (χ1) is 9.97. The molecule has 0 radical (unpaired) electrons. The molecule has 1 aromatic carbocycles. The summed E-state index contributed by atoms with van der Waals surface area (Å²) in [6.45, 7) is 6.21. The number of aromatic nitrogens is 3. The van der Waals surface area contributed by atoms with Gasteiger partial charge in [-0.3, -0.25) is 0 Å². The van der Waals surface area contributed by atoms with Gasteiger partial charge in [-0.25, -0.2) is 4.98 Å². The van der Waals surface area contributed by atoms with Gasteiger partial charge in [-0.1, -0.05) is 23.8 Å². The van der Waals surface area contributed by atoms with Crippen molar-refractivity contribution >= 4 is 11.5 Å². The number of benzene rings is 1. The third-order valence-corrected chi connectivity index (χ3v) is 3.68. The fourth-order valence-electron chi connectivity index (χ4n) is 2.61. The zero-order valence-corrected chi connectivity index (χ0v) is 13.2. The second-order valence-corrected chi connectivity index (χ2v) is 5.73. The molecule has 4 heteroatoms. The second kappa shape index (κ2) is 4.88. The summed E-state index contributed by atoms with van der Waals surface area (Å²) < 4.78 is 1.93. The molecule has 0 atom stereocenters. The van der Waals surface area contributed by atoms with Gasteiger partial charge >= 0.3 is 0 Å². The Kier molecular flexibility index (Phi) is 3.16. The average Bonchev–Trinajstić information content (AvgIpc) is 2.75. The van der Waals surface area contributed by atoms with Crippen LogP contribution in [0.4, 0.5) is 5.82 Å². The first kappa shape index (κ1) is 13.6. The molecule has 0 saturated heterocycles. The van der Waals surface area contributed by atoms with Gasteiger partial charge in [-0.15, -0.1) is 0 Å². The first-order valence-electron chi connectivity index (χ1n) is 7.08. The van der Waals surface area contributed by atoms with Crippen LogP contribution in [0, 0.1) is 20.8 Å². The van der Waals surface area contributed by atoms with Crippen LogP contribution in [0.2, 0.25) is 0 Å². The van der Waals surface area contributed by atoms with Crippen LogP contribution < -0.4 is 4.90 Å². The monoisotopic (exact) mass is 280 g/mol. The molecular formula is C17H20N4. The minimum Gasteiger partial charge on any atom is -0.363 e. The van der Waals surface area contributed by atoms with E-state index in [-0.39, 0.29) is 0 Å². The van der Waals surface area contributed by atoms with Crippen molar-refractivity contribution in [1.82, 2.24) is 14.6 Å². The van der Waals surface area contributed by atoms with Crippen molar-refractivity contribution in [2.75, 3.05) is 19.0 Å². The van der Waals surface area contributed by atoms with Crippen LogP contribution in [-0.2, 0) is 0 Å². The van der Waals surface area contributed by atoms with Crippen molar-refractivity contribution in [2.45, 2.75) is 20.8 Å². The van der Waals surface area contributed by atoms with Gasteiger partial charge in [0.1, 0.15) is 5.82 Å². The van der Waals surface area contributed by atoms with Crippen LogP contribution in [0.5, 0.6) is 0 Å². The predicted molar refractivity (Wildman–Crippen MR) is 87.0 cm³/mol. The molecular weight excluding hydrogens is 260 g/mol. The number of aryl methyl sites for hydroxylation is 3. The zero-order valence-electron chi connectivity index (χ0n) is 13.2. The Bertz CT molecular complexity index is 815. The second-order valence-electron chi connectivity index (χ2n) is 5.73. The van der Waals surface area contributed by atoms with Crippen molar-refractivity contribution < 1.29 is 0 Å². The number of anilines is 1. The normalized spacial score (nSPS) is 11.1. The summed E-state index contributed by atoms with van der Waals surface area (Å²) in [5, 5.41) is 4.80. The topological polar surface area (TPSA) is 33.4 Å². The maximum Gasteiger partial charge on any atom is 0.161 e. The molecule has 0 aliphatic rings. The van der Waals surface area contributed by atoms with Gasteiger partial charge in [0.15, 0.2) is 5.65 Å². The highest BCUT2D eigenvalue weighted by molar-refractivity contribution is 5.72. The standard InChI is InChI=1S/C17H20N4/c1-11-7-6-8-14(9-11)16-13(3)17-18-12(2)10-15(20(4)5)21(17)19-16/h6-10H,1-5H3. The van der Waals surface area contributed by atoms with Gasteiger partial charge in [0.2, 0.25) is 0 Å². The van der Waals surface area contributed by atoms with Gasteiger partial charge < -0.3 is 4.90 Å². The quantitative estimate of drug-likeness (QED) is 0.721. The van der Waals surface area contributed by atoms with Gasteiger partial charge in [0.25, 0.3) is 0 Å². The molecule has 0 N–H and O–H groups in total. The Morgan fingerprint density at radius 1 is 1.05 bits per heavy atom. The van der Waals surface area contributed by atoms with E-state index < -0.39 is 0 Å². The average molecular weight is 280 g/mol. The molecule has 0 aliphatic carbocycles. The van der Waals surface area contributed by atoms with Gasteiger partial charge in [-0.05, 0) is 26.8 Å². The Hall–Kier alpha value is -2.36. The van der Waals surface area contributed by atoms with Crippen LogP contribution in [0.25, 0.3) is 16.9 Å².